The second kappa shape index (κ2) is 4.52. The topological polar surface area (TPSA) is 29.5 Å². The Kier molecular flexibility index (Phi) is 3.66. The van der Waals surface area contributed by atoms with Crippen molar-refractivity contribution in [3.05, 3.63) is 36.0 Å². The second-order valence-electron chi connectivity index (χ2n) is 4.04. The molecular weight excluding hydrogens is 240 g/mol. The first-order valence-electron chi connectivity index (χ1n) is 4.70. The summed E-state index contributed by atoms with van der Waals surface area (Å²) in [5, 5.41) is 9.43. The highest BCUT2D eigenvalue weighted by atomic mass is 19.4. The molecule has 1 N–H and O–H groups in total. The van der Waals surface area contributed by atoms with Crippen molar-refractivity contribution in [3.8, 4) is 5.75 Å². The van der Waals surface area contributed by atoms with E-state index in [2.05, 4.69) is 4.74 Å². The van der Waals surface area contributed by atoms with Gasteiger partial charge < -0.3 is 9.84 Å². The van der Waals surface area contributed by atoms with Crippen molar-refractivity contribution in [2.45, 2.75) is 25.8 Å². The molecule has 0 aliphatic carbocycles. The maximum atomic E-state index is 13.2. The molecule has 0 atom stereocenters. The van der Waals surface area contributed by atoms with Gasteiger partial charge in [0.15, 0.2) is 11.6 Å². The lowest BCUT2D eigenvalue weighted by Gasteiger charge is -2.17. The van der Waals surface area contributed by atoms with Gasteiger partial charge in [0.2, 0.25) is 0 Å². The average molecular weight is 251 g/mol. The summed E-state index contributed by atoms with van der Waals surface area (Å²) in [6.45, 7) is 2.93. The first-order chi connectivity index (χ1) is 7.57. The van der Waals surface area contributed by atoms with Crippen LogP contribution >= 0.6 is 0 Å². The van der Waals surface area contributed by atoms with Crippen LogP contribution in [-0.4, -0.2) is 17.1 Å². The highest BCUT2D eigenvalue weighted by Crippen LogP contribution is 2.27. The third-order valence-electron chi connectivity index (χ3n) is 1.70. The Morgan fingerprint density at radius 3 is 2.24 bits per heavy atom. The van der Waals surface area contributed by atoms with Gasteiger partial charge in [0.25, 0.3) is 0 Å². The van der Waals surface area contributed by atoms with Crippen molar-refractivity contribution in [2.24, 2.45) is 0 Å². The molecule has 0 spiro atoms. The first kappa shape index (κ1) is 13.8. The van der Waals surface area contributed by atoms with E-state index in [1.807, 2.05) is 0 Å². The minimum atomic E-state index is -4.93. The number of ether oxygens (including phenoxy) is 1. The quantitative estimate of drug-likeness (QED) is 0.836. The van der Waals surface area contributed by atoms with Crippen molar-refractivity contribution in [2.75, 3.05) is 0 Å². The minimum absolute atomic E-state index is 0.268. The van der Waals surface area contributed by atoms with Crippen LogP contribution in [0.15, 0.2) is 18.2 Å². The monoisotopic (exact) mass is 251 g/mol. The highest BCUT2D eigenvalue weighted by molar-refractivity contribution is 5.34. The fraction of sp³-hybridized carbons (Fsp3) is 0.364. The predicted octanol–water partition coefficient (Wildman–Crippen LogP) is 3.05. The molecule has 1 rings (SSSR count). The Balaban J connectivity index is 2.87. The molecule has 0 saturated heterocycles. The number of rotatable bonds is 3. The molecule has 0 bridgehead atoms. The van der Waals surface area contributed by atoms with Gasteiger partial charge >= 0.3 is 6.36 Å². The van der Waals surface area contributed by atoms with Crippen molar-refractivity contribution >= 4 is 0 Å². The summed E-state index contributed by atoms with van der Waals surface area (Å²) >= 11 is 0. The van der Waals surface area contributed by atoms with Crippen LogP contribution < -0.4 is 4.74 Å². The van der Waals surface area contributed by atoms with Crippen LogP contribution in [-0.2, 0) is 0 Å². The number of halogens is 4. The van der Waals surface area contributed by atoms with Gasteiger partial charge in [-0.2, -0.15) is 0 Å². The van der Waals surface area contributed by atoms with E-state index >= 15 is 0 Å². The lowest BCUT2D eigenvalue weighted by Crippen LogP contribution is -2.20. The van der Waals surface area contributed by atoms with Crippen LogP contribution in [0, 0.1) is 12.2 Å². The molecule has 0 amide bonds. The summed E-state index contributed by atoms with van der Waals surface area (Å²) in [6.07, 6.45) is -3.62. The molecule has 0 heterocycles. The maximum Gasteiger partial charge on any atom is 0.573 e. The summed E-state index contributed by atoms with van der Waals surface area (Å²) in [6, 6.07) is 2.95. The van der Waals surface area contributed by atoms with Gasteiger partial charge in [0.05, 0.1) is 5.60 Å². The summed E-state index contributed by atoms with van der Waals surface area (Å²) < 4.78 is 52.3. The Morgan fingerprint density at radius 1 is 1.24 bits per heavy atom. The molecular formula is C11H11F4O2. The zero-order valence-electron chi connectivity index (χ0n) is 9.18. The zero-order valence-corrected chi connectivity index (χ0v) is 9.18. The number of aliphatic hydroxyl groups is 1. The highest BCUT2D eigenvalue weighted by Gasteiger charge is 2.32. The van der Waals surface area contributed by atoms with E-state index in [0.717, 1.165) is 12.1 Å². The average Bonchev–Trinajstić information content (AvgIpc) is 2.05. The first-order valence-corrected chi connectivity index (χ1v) is 4.70. The lowest BCUT2D eigenvalue weighted by molar-refractivity contribution is -0.275. The number of hydrogen-bond donors (Lipinski definition) is 1. The molecule has 95 valence electrons. The maximum absolute atomic E-state index is 13.2. The van der Waals surface area contributed by atoms with Gasteiger partial charge in [-0.05, 0) is 31.5 Å². The van der Waals surface area contributed by atoms with Crippen molar-refractivity contribution in [3.63, 3.8) is 0 Å². The predicted molar refractivity (Wildman–Crippen MR) is 52.8 cm³/mol. The van der Waals surface area contributed by atoms with E-state index < -0.39 is 23.5 Å². The zero-order chi connectivity index (χ0) is 13.3. The van der Waals surface area contributed by atoms with Gasteiger partial charge in [-0.3, -0.25) is 0 Å². The molecule has 0 unspecified atom stereocenters. The van der Waals surface area contributed by atoms with E-state index in [-0.39, 0.29) is 5.56 Å². The standard InChI is InChI=1S/C11H11F4O2/c1-10(2,16)6-7-3-4-9(8(12)5-7)17-11(13,14)15/h3-6,16H,1-2H3. The molecule has 1 aromatic rings. The fourth-order valence-corrected chi connectivity index (χ4v) is 1.22. The van der Waals surface area contributed by atoms with E-state index in [9.17, 15) is 22.7 Å². The smallest absolute Gasteiger partial charge is 0.403 e. The Labute approximate surface area is 95.8 Å². The molecule has 1 aromatic carbocycles. The number of hydrogen-bond acceptors (Lipinski definition) is 2. The fourth-order valence-electron chi connectivity index (χ4n) is 1.22. The van der Waals surface area contributed by atoms with E-state index in [1.165, 1.54) is 26.3 Å². The molecule has 0 aliphatic rings. The van der Waals surface area contributed by atoms with Crippen LogP contribution in [0.4, 0.5) is 17.6 Å². The SMILES string of the molecule is CC(C)(O)[CH]c1ccc(OC(F)(F)F)c(F)c1. The van der Waals surface area contributed by atoms with E-state index in [1.54, 1.807) is 0 Å². The Hall–Kier alpha value is -1.30. The summed E-state index contributed by atoms with van der Waals surface area (Å²) in [4.78, 5) is 0. The molecule has 0 aromatic heterocycles. The molecule has 2 nitrogen and oxygen atoms in total. The van der Waals surface area contributed by atoms with Crippen molar-refractivity contribution in [1.29, 1.82) is 0 Å². The molecule has 6 heteroatoms. The molecule has 1 radical (unpaired) electrons. The molecule has 17 heavy (non-hydrogen) atoms. The van der Waals surface area contributed by atoms with Crippen LogP contribution in [0.1, 0.15) is 19.4 Å². The molecule has 0 fully saturated rings. The van der Waals surface area contributed by atoms with E-state index in [4.69, 9.17) is 0 Å². The van der Waals surface area contributed by atoms with Crippen molar-refractivity contribution in [1.82, 2.24) is 0 Å². The normalized spacial score (nSPS) is 12.6. The summed E-state index contributed by atoms with van der Waals surface area (Å²) in [5.74, 6) is -2.04. The summed E-state index contributed by atoms with van der Waals surface area (Å²) in [5.41, 5.74) is -0.914. The minimum Gasteiger partial charge on any atom is -0.403 e. The van der Waals surface area contributed by atoms with E-state index in [0.29, 0.717) is 0 Å². The van der Waals surface area contributed by atoms with Crippen LogP contribution in [0.2, 0.25) is 0 Å². The van der Waals surface area contributed by atoms with Gasteiger partial charge in [-0.1, -0.05) is 6.07 Å². The van der Waals surface area contributed by atoms with Gasteiger partial charge in [-0.25, -0.2) is 4.39 Å². The lowest BCUT2D eigenvalue weighted by atomic mass is 9.99. The molecule has 0 saturated carbocycles. The van der Waals surface area contributed by atoms with Gasteiger partial charge in [0.1, 0.15) is 0 Å². The largest absolute Gasteiger partial charge is 0.573 e. The third kappa shape index (κ3) is 5.04. The van der Waals surface area contributed by atoms with Crippen LogP contribution in [0.3, 0.4) is 0 Å². The molecule has 0 aliphatic heterocycles. The summed E-state index contributed by atoms with van der Waals surface area (Å²) in [7, 11) is 0. The Morgan fingerprint density at radius 2 is 1.82 bits per heavy atom. The number of benzene rings is 1. The van der Waals surface area contributed by atoms with Crippen LogP contribution in [0.5, 0.6) is 5.75 Å². The van der Waals surface area contributed by atoms with Gasteiger partial charge in [0, 0.05) is 6.42 Å². The Bertz CT molecular complexity index is 393. The van der Waals surface area contributed by atoms with Crippen molar-refractivity contribution < 1.29 is 27.4 Å². The van der Waals surface area contributed by atoms with Crippen LogP contribution in [0.25, 0.3) is 0 Å². The second-order valence-corrected chi connectivity index (χ2v) is 4.04. The van der Waals surface area contributed by atoms with Gasteiger partial charge in [-0.15, -0.1) is 13.2 Å². The third-order valence-corrected chi connectivity index (χ3v) is 1.70. The number of alkyl halides is 3.